The smallest absolute Gasteiger partial charge is 0.255 e. The lowest BCUT2D eigenvalue weighted by Gasteiger charge is -2.23. The van der Waals surface area contributed by atoms with Crippen LogP contribution in [0.25, 0.3) is 11.1 Å². The van der Waals surface area contributed by atoms with Crippen LogP contribution in [-0.2, 0) is 32.0 Å². The number of carbonyl (C=O) groups excluding carboxylic acids is 5. The van der Waals surface area contributed by atoms with Crippen molar-refractivity contribution < 1.29 is 24.0 Å². The van der Waals surface area contributed by atoms with E-state index in [1.165, 1.54) is 6.20 Å². The molecule has 1 aromatic heterocycles. The summed E-state index contributed by atoms with van der Waals surface area (Å²) in [6.45, 7) is 7.17. The van der Waals surface area contributed by atoms with Crippen LogP contribution in [0.15, 0.2) is 42.6 Å². The molecule has 1 aliphatic rings. The van der Waals surface area contributed by atoms with E-state index in [1.54, 1.807) is 38.1 Å². The second-order valence-electron chi connectivity index (χ2n) is 11.9. The molecule has 0 aliphatic carbocycles. The highest BCUT2D eigenvalue weighted by molar-refractivity contribution is 6.03. The summed E-state index contributed by atoms with van der Waals surface area (Å²) in [5.41, 5.74) is 15.9. The van der Waals surface area contributed by atoms with Gasteiger partial charge < -0.3 is 32.7 Å². The van der Waals surface area contributed by atoms with Crippen molar-refractivity contribution in [1.82, 2.24) is 25.9 Å². The number of hydrogen-bond acceptors (Lipinski definition) is 8. The van der Waals surface area contributed by atoms with E-state index in [4.69, 9.17) is 11.5 Å². The molecule has 0 radical (unpaired) electrons. The summed E-state index contributed by atoms with van der Waals surface area (Å²) in [4.78, 5) is 72.9. The highest BCUT2D eigenvalue weighted by Crippen LogP contribution is 2.34. The van der Waals surface area contributed by atoms with Crippen LogP contribution in [0.1, 0.15) is 58.8 Å². The van der Waals surface area contributed by atoms with Gasteiger partial charge in [-0.2, -0.15) is 0 Å². The van der Waals surface area contributed by atoms with E-state index >= 15 is 0 Å². The zero-order valence-electron chi connectivity index (χ0n) is 27.4. The Morgan fingerprint density at radius 1 is 1.08 bits per heavy atom. The van der Waals surface area contributed by atoms with Crippen LogP contribution in [0.3, 0.4) is 0 Å². The standard InChI is InChI=1S/C35H40N8O5/c1-19(2)8-9-29-38-17-26(21(4)40-29)34(47)42-27(10-11-36)35(48)43-32-20(3)12-23-14-25(32)24-7-5-6-22(13-24)16-30(44)39-18-31(45)41-28(15-23)33(37)46/h5-7,12-14,17,19,27-28H,10-11,15-16,18,36H2,1-4H3,(H2,37,46)(H,39,44)(H,41,45)(H,42,47)(H,43,48)/t27-,28?/m0/s1. The highest BCUT2D eigenvalue weighted by atomic mass is 16.2. The molecule has 5 amide bonds. The van der Waals surface area contributed by atoms with Gasteiger partial charge in [-0.25, -0.2) is 9.97 Å². The van der Waals surface area contributed by atoms with Gasteiger partial charge in [0.05, 0.1) is 29.9 Å². The highest BCUT2D eigenvalue weighted by Gasteiger charge is 2.26. The summed E-state index contributed by atoms with van der Waals surface area (Å²) >= 11 is 0. The first-order valence-electron chi connectivity index (χ1n) is 15.6. The topological polar surface area (TPSA) is 211 Å². The molecule has 2 atom stereocenters. The Bertz CT molecular complexity index is 1810. The minimum atomic E-state index is -1.04. The average Bonchev–Trinajstić information content (AvgIpc) is 3.03. The molecule has 13 heteroatoms. The molecule has 2 heterocycles. The summed E-state index contributed by atoms with van der Waals surface area (Å²) in [6, 6.07) is 8.79. The molecule has 0 fully saturated rings. The number of rotatable bonds is 7. The van der Waals surface area contributed by atoms with E-state index in [0.717, 1.165) is 0 Å². The van der Waals surface area contributed by atoms with E-state index in [-0.39, 0.29) is 49.7 Å². The summed E-state index contributed by atoms with van der Waals surface area (Å²) < 4.78 is 0. The van der Waals surface area contributed by atoms with Gasteiger partial charge in [0.25, 0.3) is 5.91 Å². The van der Waals surface area contributed by atoms with Crippen molar-refractivity contribution in [3.63, 3.8) is 0 Å². The number of hydrogen-bond donors (Lipinski definition) is 6. The van der Waals surface area contributed by atoms with Crippen molar-refractivity contribution in [2.45, 2.75) is 59.0 Å². The van der Waals surface area contributed by atoms with Gasteiger partial charge >= 0.3 is 0 Å². The number of aryl methyl sites for hydroxylation is 2. The number of fused-ring (bicyclic) bond motifs is 5. The number of carbonyl (C=O) groups is 5. The predicted octanol–water partition coefficient (Wildman–Crippen LogP) is 1.04. The van der Waals surface area contributed by atoms with Crippen LogP contribution in [-0.4, -0.2) is 64.7 Å². The number of benzene rings is 2. The van der Waals surface area contributed by atoms with Crippen LogP contribution >= 0.6 is 0 Å². The van der Waals surface area contributed by atoms with Crippen LogP contribution in [0, 0.1) is 31.6 Å². The molecule has 1 unspecified atom stereocenters. The third-order valence-corrected chi connectivity index (χ3v) is 7.58. The van der Waals surface area contributed by atoms with E-state index in [9.17, 15) is 24.0 Å². The van der Waals surface area contributed by atoms with Gasteiger partial charge in [-0.05, 0) is 61.1 Å². The van der Waals surface area contributed by atoms with Gasteiger partial charge in [-0.1, -0.05) is 50.1 Å². The fourth-order valence-electron chi connectivity index (χ4n) is 5.19. The van der Waals surface area contributed by atoms with E-state index in [1.807, 2.05) is 26.0 Å². The molecular formula is C35H40N8O5. The minimum Gasteiger partial charge on any atom is -0.368 e. The van der Waals surface area contributed by atoms with Gasteiger partial charge in [-0.3, -0.25) is 24.0 Å². The first kappa shape index (κ1) is 35.2. The first-order valence-corrected chi connectivity index (χ1v) is 15.6. The summed E-state index contributed by atoms with van der Waals surface area (Å²) in [6.07, 6.45) is 1.60. The third-order valence-electron chi connectivity index (χ3n) is 7.58. The Hall–Kier alpha value is -5.61. The molecule has 0 spiro atoms. The monoisotopic (exact) mass is 652 g/mol. The van der Waals surface area contributed by atoms with Gasteiger partial charge in [-0.15, -0.1) is 0 Å². The van der Waals surface area contributed by atoms with E-state index in [2.05, 4.69) is 43.1 Å². The number of primary amides is 1. The van der Waals surface area contributed by atoms with Gasteiger partial charge in [0.1, 0.15) is 12.1 Å². The molecule has 0 saturated carbocycles. The minimum absolute atomic E-state index is 0.000248. The molecule has 4 bridgehead atoms. The van der Waals surface area contributed by atoms with E-state index < -0.39 is 35.7 Å². The van der Waals surface area contributed by atoms with Crippen LogP contribution < -0.4 is 32.7 Å². The van der Waals surface area contributed by atoms with Crippen molar-refractivity contribution in [3.8, 4) is 23.0 Å². The van der Waals surface area contributed by atoms with Crippen molar-refractivity contribution in [1.29, 1.82) is 0 Å². The maximum absolute atomic E-state index is 13.8. The Labute approximate surface area is 279 Å². The molecule has 1 aliphatic heterocycles. The number of nitrogens with one attached hydrogen (secondary N) is 4. The van der Waals surface area contributed by atoms with Crippen LogP contribution in [0.5, 0.6) is 0 Å². The lowest BCUT2D eigenvalue weighted by atomic mass is 9.93. The molecular weight excluding hydrogens is 612 g/mol. The predicted molar refractivity (Wildman–Crippen MR) is 180 cm³/mol. The Kier molecular flexibility index (Phi) is 11.6. The second-order valence-corrected chi connectivity index (χ2v) is 11.9. The maximum atomic E-state index is 13.8. The molecule has 2 aromatic carbocycles. The molecule has 4 rings (SSSR count). The van der Waals surface area contributed by atoms with Gasteiger partial charge in [0.2, 0.25) is 29.5 Å². The molecule has 48 heavy (non-hydrogen) atoms. The largest absolute Gasteiger partial charge is 0.368 e. The fourth-order valence-corrected chi connectivity index (χ4v) is 5.19. The third kappa shape index (κ3) is 9.23. The number of amides is 5. The summed E-state index contributed by atoms with van der Waals surface area (Å²) in [5, 5.41) is 10.9. The zero-order chi connectivity index (χ0) is 35.0. The van der Waals surface area contributed by atoms with Crippen molar-refractivity contribution in [3.05, 3.63) is 76.4 Å². The van der Waals surface area contributed by atoms with Crippen molar-refractivity contribution in [2.75, 3.05) is 18.4 Å². The lowest BCUT2D eigenvalue weighted by Crippen LogP contribution is -2.49. The van der Waals surface area contributed by atoms with Crippen molar-refractivity contribution in [2.24, 2.45) is 17.4 Å². The van der Waals surface area contributed by atoms with Gasteiger partial charge in [0, 0.05) is 24.1 Å². The summed E-state index contributed by atoms with van der Waals surface area (Å²) in [7, 11) is 0. The lowest BCUT2D eigenvalue weighted by molar-refractivity contribution is -0.128. The summed E-state index contributed by atoms with van der Waals surface area (Å²) in [5.74, 6) is 3.58. The average molecular weight is 653 g/mol. The molecule has 13 nitrogen and oxygen atoms in total. The fraction of sp³-hybridized carbons (Fsp3) is 0.343. The van der Waals surface area contributed by atoms with Gasteiger partial charge in [0.15, 0.2) is 0 Å². The Morgan fingerprint density at radius 3 is 2.54 bits per heavy atom. The SMILES string of the molecule is Cc1cc2cc(c1NC(=O)[C@H](CCN)NC(=O)c1cnc(C#CC(C)C)nc1C)-c1cccc(c1)CC(=O)NCC(=O)NC(C(N)=O)C2. The molecule has 3 aromatic rings. The van der Waals surface area contributed by atoms with E-state index in [0.29, 0.717) is 45.0 Å². The second kappa shape index (κ2) is 15.8. The maximum Gasteiger partial charge on any atom is 0.255 e. The Balaban J connectivity index is 1.68. The quantitative estimate of drug-likeness (QED) is 0.203. The van der Waals surface area contributed by atoms with Crippen molar-refractivity contribution >= 4 is 35.2 Å². The van der Waals surface area contributed by atoms with Crippen LogP contribution in [0.2, 0.25) is 0 Å². The number of nitrogens with two attached hydrogens (primary N) is 2. The van der Waals surface area contributed by atoms with Crippen LogP contribution in [0.4, 0.5) is 5.69 Å². The number of anilines is 1. The zero-order valence-corrected chi connectivity index (χ0v) is 27.4. The molecule has 8 N–H and O–H groups in total. The molecule has 250 valence electrons. The Morgan fingerprint density at radius 2 is 1.85 bits per heavy atom. The molecule has 0 saturated heterocycles. The first-order chi connectivity index (χ1) is 22.8. The normalized spacial score (nSPS) is 15.2. The number of aromatic nitrogens is 2. The number of nitrogens with zero attached hydrogens (tertiary/aromatic N) is 2.